The van der Waals surface area contributed by atoms with Crippen LogP contribution in [0.3, 0.4) is 0 Å². The standard InChI is InChI=1S/C18H13NO3/c1-11-15(10-14-4-2-3-5-16(14)19-11)17(20)12-6-8-13(9-7-12)18(21)22/h2-10H,1H3,(H,21,22). The summed E-state index contributed by atoms with van der Waals surface area (Å²) in [7, 11) is 0. The molecule has 0 bridgehead atoms. The van der Waals surface area contributed by atoms with Gasteiger partial charge in [-0.15, -0.1) is 0 Å². The molecule has 0 saturated carbocycles. The second-order valence-corrected chi connectivity index (χ2v) is 5.03. The summed E-state index contributed by atoms with van der Waals surface area (Å²) in [4.78, 5) is 27.9. The third-order valence-corrected chi connectivity index (χ3v) is 3.55. The summed E-state index contributed by atoms with van der Waals surface area (Å²) in [5.41, 5.74) is 2.64. The largest absolute Gasteiger partial charge is 0.478 e. The molecule has 0 aliphatic rings. The van der Waals surface area contributed by atoms with Crippen molar-refractivity contribution in [2.75, 3.05) is 0 Å². The Labute approximate surface area is 127 Å². The van der Waals surface area contributed by atoms with Crippen LogP contribution in [0.15, 0.2) is 54.6 Å². The van der Waals surface area contributed by atoms with Gasteiger partial charge >= 0.3 is 5.97 Å². The van der Waals surface area contributed by atoms with Crippen LogP contribution in [0.25, 0.3) is 10.9 Å². The van der Waals surface area contributed by atoms with Gasteiger partial charge in [0.1, 0.15) is 0 Å². The van der Waals surface area contributed by atoms with Gasteiger partial charge in [0.25, 0.3) is 0 Å². The van der Waals surface area contributed by atoms with E-state index in [0.29, 0.717) is 16.8 Å². The van der Waals surface area contributed by atoms with Gasteiger partial charge in [-0.25, -0.2) is 4.79 Å². The van der Waals surface area contributed by atoms with E-state index in [-0.39, 0.29) is 11.3 Å². The van der Waals surface area contributed by atoms with Gasteiger partial charge < -0.3 is 5.11 Å². The lowest BCUT2D eigenvalue weighted by Gasteiger charge is -2.07. The average molecular weight is 291 g/mol. The van der Waals surface area contributed by atoms with Crippen molar-refractivity contribution in [3.63, 3.8) is 0 Å². The van der Waals surface area contributed by atoms with Crippen LogP contribution in [0, 0.1) is 6.92 Å². The van der Waals surface area contributed by atoms with E-state index < -0.39 is 5.97 Å². The van der Waals surface area contributed by atoms with E-state index in [9.17, 15) is 9.59 Å². The Hall–Kier alpha value is -3.01. The van der Waals surface area contributed by atoms with Crippen LogP contribution in [0.5, 0.6) is 0 Å². The molecule has 0 unspecified atom stereocenters. The van der Waals surface area contributed by atoms with Crippen LogP contribution in [0.2, 0.25) is 0 Å². The molecule has 0 radical (unpaired) electrons. The van der Waals surface area contributed by atoms with Crippen LogP contribution in [-0.2, 0) is 0 Å². The van der Waals surface area contributed by atoms with E-state index in [2.05, 4.69) is 4.98 Å². The molecule has 0 atom stereocenters. The number of aromatic carboxylic acids is 1. The quantitative estimate of drug-likeness (QED) is 0.750. The lowest BCUT2D eigenvalue weighted by molar-refractivity contribution is 0.0696. The fourth-order valence-electron chi connectivity index (χ4n) is 2.36. The van der Waals surface area contributed by atoms with Crippen LogP contribution in [0.4, 0.5) is 0 Å². The molecule has 3 aromatic rings. The third kappa shape index (κ3) is 2.46. The Morgan fingerprint density at radius 2 is 1.59 bits per heavy atom. The monoisotopic (exact) mass is 291 g/mol. The van der Waals surface area contributed by atoms with Crippen molar-refractivity contribution >= 4 is 22.7 Å². The van der Waals surface area contributed by atoms with Crippen LogP contribution < -0.4 is 0 Å². The predicted octanol–water partition coefficient (Wildman–Crippen LogP) is 3.47. The number of para-hydroxylation sites is 1. The van der Waals surface area contributed by atoms with Crippen LogP contribution in [-0.4, -0.2) is 21.8 Å². The Morgan fingerprint density at radius 1 is 0.955 bits per heavy atom. The van der Waals surface area contributed by atoms with E-state index >= 15 is 0 Å². The molecule has 0 saturated heterocycles. The average Bonchev–Trinajstić information content (AvgIpc) is 2.53. The van der Waals surface area contributed by atoms with Gasteiger partial charge in [0.2, 0.25) is 0 Å². The fourth-order valence-corrected chi connectivity index (χ4v) is 2.36. The number of carboxylic acid groups (broad SMARTS) is 1. The lowest BCUT2D eigenvalue weighted by Crippen LogP contribution is -2.06. The van der Waals surface area contributed by atoms with Gasteiger partial charge in [0.15, 0.2) is 5.78 Å². The third-order valence-electron chi connectivity index (χ3n) is 3.55. The highest BCUT2D eigenvalue weighted by molar-refractivity contribution is 6.11. The summed E-state index contributed by atoms with van der Waals surface area (Å²) in [5, 5.41) is 9.80. The zero-order valence-electron chi connectivity index (χ0n) is 11.9. The molecular weight excluding hydrogens is 278 g/mol. The molecule has 1 N–H and O–H groups in total. The molecule has 1 aromatic heterocycles. The number of benzene rings is 2. The number of rotatable bonds is 3. The number of hydrogen-bond acceptors (Lipinski definition) is 3. The Morgan fingerprint density at radius 3 is 2.27 bits per heavy atom. The first-order valence-electron chi connectivity index (χ1n) is 6.81. The molecule has 2 aromatic carbocycles. The van der Waals surface area contributed by atoms with Crippen molar-refractivity contribution in [1.29, 1.82) is 0 Å². The maximum Gasteiger partial charge on any atom is 0.335 e. The highest BCUT2D eigenvalue weighted by atomic mass is 16.4. The molecule has 22 heavy (non-hydrogen) atoms. The zero-order chi connectivity index (χ0) is 15.7. The lowest BCUT2D eigenvalue weighted by atomic mass is 9.99. The number of fused-ring (bicyclic) bond motifs is 1. The van der Waals surface area contributed by atoms with E-state index in [1.54, 1.807) is 6.92 Å². The summed E-state index contributed by atoms with van der Waals surface area (Å²) >= 11 is 0. The Kier molecular flexibility index (Phi) is 3.43. The number of pyridine rings is 1. The molecule has 0 aliphatic heterocycles. The van der Waals surface area contributed by atoms with Gasteiger partial charge in [-0.3, -0.25) is 9.78 Å². The molecule has 0 fully saturated rings. The van der Waals surface area contributed by atoms with Crippen molar-refractivity contribution in [3.8, 4) is 0 Å². The summed E-state index contributed by atoms with van der Waals surface area (Å²) in [6, 6.07) is 15.4. The minimum Gasteiger partial charge on any atom is -0.478 e. The van der Waals surface area contributed by atoms with E-state index in [1.165, 1.54) is 24.3 Å². The zero-order valence-corrected chi connectivity index (χ0v) is 11.9. The van der Waals surface area contributed by atoms with Crippen LogP contribution >= 0.6 is 0 Å². The molecule has 108 valence electrons. The first-order chi connectivity index (χ1) is 10.6. The summed E-state index contributed by atoms with van der Waals surface area (Å²) < 4.78 is 0. The van der Waals surface area contributed by atoms with Gasteiger partial charge in [-0.05, 0) is 31.2 Å². The maximum absolute atomic E-state index is 12.6. The number of carbonyl (C=O) groups excluding carboxylic acids is 1. The number of hydrogen-bond donors (Lipinski definition) is 1. The van der Waals surface area contributed by atoms with E-state index in [0.717, 1.165) is 10.9 Å². The predicted molar refractivity (Wildman–Crippen MR) is 83.3 cm³/mol. The molecule has 4 heteroatoms. The van der Waals surface area contributed by atoms with Gasteiger partial charge in [-0.2, -0.15) is 0 Å². The maximum atomic E-state index is 12.6. The minimum atomic E-state index is -1.01. The number of aromatic nitrogens is 1. The molecule has 1 heterocycles. The summed E-state index contributed by atoms with van der Waals surface area (Å²) in [6.07, 6.45) is 0. The summed E-state index contributed by atoms with van der Waals surface area (Å²) in [5.74, 6) is -1.17. The fraction of sp³-hybridized carbons (Fsp3) is 0.0556. The second kappa shape index (κ2) is 5.41. The second-order valence-electron chi connectivity index (χ2n) is 5.03. The smallest absolute Gasteiger partial charge is 0.335 e. The topological polar surface area (TPSA) is 67.3 Å². The van der Waals surface area contributed by atoms with Crippen molar-refractivity contribution in [2.24, 2.45) is 0 Å². The minimum absolute atomic E-state index is 0.157. The number of carbonyl (C=O) groups is 2. The van der Waals surface area contributed by atoms with Crippen molar-refractivity contribution in [1.82, 2.24) is 4.98 Å². The first kappa shape index (κ1) is 13.9. The van der Waals surface area contributed by atoms with E-state index in [4.69, 9.17) is 5.11 Å². The Bertz CT molecular complexity index is 882. The van der Waals surface area contributed by atoms with Crippen molar-refractivity contribution in [2.45, 2.75) is 6.92 Å². The molecule has 4 nitrogen and oxygen atoms in total. The number of ketones is 1. The number of aryl methyl sites for hydroxylation is 1. The molecule has 0 amide bonds. The first-order valence-corrected chi connectivity index (χ1v) is 6.81. The van der Waals surface area contributed by atoms with E-state index in [1.807, 2.05) is 30.3 Å². The number of nitrogens with zero attached hydrogens (tertiary/aromatic N) is 1. The highest BCUT2D eigenvalue weighted by Gasteiger charge is 2.14. The normalized spacial score (nSPS) is 10.6. The van der Waals surface area contributed by atoms with Crippen molar-refractivity contribution < 1.29 is 14.7 Å². The molecule has 3 rings (SSSR count). The molecule has 0 spiro atoms. The summed E-state index contributed by atoms with van der Waals surface area (Å²) in [6.45, 7) is 1.80. The van der Waals surface area contributed by atoms with Gasteiger partial charge in [0, 0.05) is 22.2 Å². The molecular formula is C18H13NO3. The van der Waals surface area contributed by atoms with Gasteiger partial charge in [-0.1, -0.05) is 30.3 Å². The molecule has 0 aliphatic carbocycles. The highest BCUT2D eigenvalue weighted by Crippen LogP contribution is 2.19. The number of carboxylic acids is 1. The van der Waals surface area contributed by atoms with Crippen molar-refractivity contribution in [3.05, 3.63) is 77.0 Å². The van der Waals surface area contributed by atoms with Crippen LogP contribution in [0.1, 0.15) is 32.0 Å². The SMILES string of the molecule is Cc1nc2ccccc2cc1C(=O)c1ccc(C(=O)O)cc1. The van der Waals surface area contributed by atoms with Gasteiger partial charge in [0.05, 0.1) is 11.1 Å². The Balaban J connectivity index is 2.04.